The fourth-order valence-electron chi connectivity index (χ4n) is 1.29. The van der Waals surface area contributed by atoms with Crippen LogP contribution in [0.25, 0.3) is 0 Å². The summed E-state index contributed by atoms with van der Waals surface area (Å²) in [6.45, 7) is 5.52. The summed E-state index contributed by atoms with van der Waals surface area (Å²) in [5, 5.41) is 8.66. The average Bonchev–Trinajstić information content (AvgIpc) is 2.10. The molecule has 0 aromatic carbocycles. The molecular weight excluding hydrogens is 196 g/mol. The molecule has 4 nitrogen and oxygen atoms in total. The lowest BCUT2D eigenvalue weighted by molar-refractivity contribution is -0.156. The predicted octanol–water partition coefficient (Wildman–Crippen LogP) is 2.22. The second kappa shape index (κ2) is 7.26. The number of esters is 1. The molecule has 0 heterocycles. The van der Waals surface area contributed by atoms with E-state index in [1.165, 1.54) is 0 Å². The smallest absolute Gasteiger partial charge is 0.309 e. The maximum atomic E-state index is 11.5. The van der Waals surface area contributed by atoms with Crippen molar-refractivity contribution in [3.05, 3.63) is 0 Å². The zero-order valence-electron chi connectivity index (χ0n) is 9.66. The molecule has 0 aliphatic carbocycles. The zero-order valence-corrected chi connectivity index (χ0v) is 9.66. The van der Waals surface area contributed by atoms with E-state index < -0.39 is 11.9 Å². The highest BCUT2D eigenvalue weighted by molar-refractivity contribution is 5.79. The molecule has 4 heteroatoms. The fraction of sp³-hybridized carbons (Fsp3) is 0.818. The molecule has 0 aromatic rings. The van der Waals surface area contributed by atoms with Crippen LogP contribution in [0.3, 0.4) is 0 Å². The largest absolute Gasteiger partial charge is 0.481 e. The van der Waals surface area contributed by atoms with Crippen molar-refractivity contribution in [3.8, 4) is 0 Å². The first kappa shape index (κ1) is 13.9. The molecule has 0 rings (SSSR count). The minimum atomic E-state index is -0.947. The SMILES string of the molecule is CCCCC(CC(=O)O)C(=O)OC(C)C. The predicted molar refractivity (Wildman–Crippen MR) is 56.5 cm³/mol. The quantitative estimate of drug-likeness (QED) is 0.663. The minimum absolute atomic E-state index is 0.133. The van der Waals surface area contributed by atoms with Crippen molar-refractivity contribution in [2.24, 2.45) is 5.92 Å². The van der Waals surface area contributed by atoms with Crippen LogP contribution in [0.15, 0.2) is 0 Å². The molecule has 1 unspecified atom stereocenters. The molecule has 15 heavy (non-hydrogen) atoms. The molecular formula is C11H20O4. The van der Waals surface area contributed by atoms with Crippen molar-refractivity contribution in [1.29, 1.82) is 0 Å². The molecule has 0 saturated heterocycles. The van der Waals surface area contributed by atoms with Crippen LogP contribution in [0.1, 0.15) is 46.5 Å². The van der Waals surface area contributed by atoms with Gasteiger partial charge in [0.15, 0.2) is 0 Å². The summed E-state index contributed by atoms with van der Waals surface area (Å²) >= 11 is 0. The van der Waals surface area contributed by atoms with Crippen molar-refractivity contribution >= 4 is 11.9 Å². The van der Waals surface area contributed by atoms with Gasteiger partial charge in [-0.25, -0.2) is 0 Å². The van der Waals surface area contributed by atoms with Gasteiger partial charge in [-0.2, -0.15) is 0 Å². The van der Waals surface area contributed by atoms with Gasteiger partial charge in [-0.3, -0.25) is 9.59 Å². The fourth-order valence-corrected chi connectivity index (χ4v) is 1.29. The second-order valence-corrected chi connectivity index (χ2v) is 3.92. The van der Waals surface area contributed by atoms with Gasteiger partial charge in [-0.15, -0.1) is 0 Å². The summed E-state index contributed by atoms with van der Waals surface area (Å²) in [6, 6.07) is 0. The molecule has 88 valence electrons. The number of carboxylic acids is 1. The zero-order chi connectivity index (χ0) is 11.8. The van der Waals surface area contributed by atoms with Crippen molar-refractivity contribution in [3.63, 3.8) is 0 Å². The number of carbonyl (C=O) groups excluding carboxylic acids is 1. The van der Waals surface area contributed by atoms with Crippen LogP contribution in [0.4, 0.5) is 0 Å². The van der Waals surface area contributed by atoms with Crippen molar-refractivity contribution in [1.82, 2.24) is 0 Å². The number of hydrogen-bond acceptors (Lipinski definition) is 3. The van der Waals surface area contributed by atoms with E-state index in [-0.39, 0.29) is 18.5 Å². The van der Waals surface area contributed by atoms with E-state index >= 15 is 0 Å². The van der Waals surface area contributed by atoms with E-state index in [2.05, 4.69) is 0 Å². The van der Waals surface area contributed by atoms with Gasteiger partial charge in [-0.1, -0.05) is 19.8 Å². The van der Waals surface area contributed by atoms with E-state index in [0.29, 0.717) is 6.42 Å². The Kier molecular flexibility index (Phi) is 6.75. The number of carboxylic acid groups (broad SMARTS) is 1. The number of hydrogen-bond donors (Lipinski definition) is 1. The molecule has 0 amide bonds. The lowest BCUT2D eigenvalue weighted by Crippen LogP contribution is -2.23. The summed E-state index contributed by atoms with van der Waals surface area (Å²) in [4.78, 5) is 22.1. The van der Waals surface area contributed by atoms with Crippen LogP contribution >= 0.6 is 0 Å². The Morgan fingerprint density at radius 3 is 2.33 bits per heavy atom. The Morgan fingerprint density at radius 1 is 1.33 bits per heavy atom. The number of aliphatic carboxylic acids is 1. The molecule has 0 radical (unpaired) electrons. The summed E-state index contributed by atoms with van der Waals surface area (Å²) in [5.41, 5.74) is 0. The van der Waals surface area contributed by atoms with Gasteiger partial charge < -0.3 is 9.84 Å². The maximum Gasteiger partial charge on any atom is 0.309 e. The van der Waals surface area contributed by atoms with Gasteiger partial charge in [0.25, 0.3) is 0 Å². The van der Waals surface area contributed by atoms with Gasteiger partial charge in [0.05, 0.1) is 18.4 Å². The number of unbranched alkanes of at least 4 members (excludes halogenated alkanes) is 1. The third-order valence-corrected chi connectivity index (χ3v) is 2.01. The van der Waals surface area contributed by atoms with Crippen LogP contribution < -0.4 is 0 Å². The summed E-state index contributed by atoms with van der Waals surface area (Å²) < 4.78 is 5.01. The summed E-state index contributed by atoms with van der Waals surface area (Å²) in [6.07, 6.45) is 2.08. The lowest BCUT2D eigenvalue weighted by atomic mass is 9.99. The Bertz CT molecular complexity index is 211. The van der Waals surface area contributed by atoms with E-state index in [0.717, 1.165) is 12.8 Å². The van der Waals surface area contributed by atoms with E-state index in [1.54, 1.807) is 13.8 Å². The molecule has 1 atom stereocenters. The molecule has 0 fully saturated rings. The standard InChI is InChI=1S/C11H20O4/c1-4-5-6-9(7-10(12)13)11(14)15-8(2)3/h8-9H,4-7H2,1-3H3,(H,12,13). The van der Waals surface area contributed by atoms with Crippen LogP contribution in [0.5, 0.6) is 0 Å². The highest BCUT2D eigenvalue weighted by Crippen LogP contribution is 2.15. The van der Waals surface area contributed by atoms with Gasteiger partial charge in [0, 0.05) is 0 Å². The molecule has 0 aromatic heterocycles. The Morgan fingerprint density at radius 2 is 1.93 bits per heavy atom. The third-order valence-electron chi connectivity index (χ3n) is 2.01. The van der Waals surface area contributed by atoms with Gasteiger partial charge in [-0.05, 0) is 20.3 Å². The lowest BCUT2D eigenvalue weighted by Gasteiger charge is -2.15. The molecule has 1 N–H and O–H groups in total. The van der Waals surface area contributed by atoms with Crippen molar-refractivity contribution < 1.29 is 19.4 Å². The Labute approximate surface area is 90.6 Å². The monoisotopic (exact) mass is 216 g/mol. The van der Waals surface area contributed by atoms with E-state index in [1.807, 2.05) is 6.92 Å². The van der Waals surface area contributed by atoms with Gasteiger partial charge in [0.2, 0.25) is 0 Å². The molecule has 0 aliphatic heterocycles. The van der Waals surface area contributed by atoms with Crippen LogP contribution in [0, 0.1) is 5.92 Å². The van der Waals surface area contributed by atoms with Gasteiger partial charge in [0.1, 0.15) is 0 Å². The minimum Gasteiger partial charge on any atom is -0.481 e. The highest BCUT2D eigenvalue weighted by atomic mass is 16.5. The molecule has 0 aliphatic rings. The number of carbonyl (C=O) groups is 2. The first-order valence-corrected chi connectivity index (χ1v) is 5.39. The topological polar surface area (TPSA) is 63.6 Å². The van der Waals surface area contributed by atoms with Crippen molar-refractivity contribution in [2.75, 3.05) is 0 Å². The Hall–Kier alpha value is -1.06. The first-order valence-electron chi connectivity index (χ1n) is 5.39. The van der Waals surface area contributed by atoms with Crippen LogP contribution in [-0.2, 0) is 14.3 Å². The van der Waals surface area contributed by atoms with E-state index in [4.69, 9.17) is 9.84 Å². The number of ether oxygens (including phenoxy) is 1. The maximum absolute atomic E-state index is 11.5. The summed E-state index contributed by atoms with van der Waals surface area (Å²) in [5.74, 6) is -1.83. The average molecular weight is 216 g/mol. The van der Waals surface area contributed by atoms with Gasteiger partial charge >= 0.3 is 11.9 Å². The Balaban J connectivity index is 4.20. The highest BCUT2D eigenvalue weighted by Gasteiger charge is 2.23. The second-order valence-electron chi connectivity index (χ2n) is 3.92. The van der Waals surface area contributed by atoms with E-state index in [9.17, 15) is 9.59 Å². The van der Waals surface area contributed by atoms with Crippen LogP contribution in [-0.4, -0.2) is 23.1 Å². The molecule has 0 saturated carbocycles. The first-order chi connectivity index (χ1) is 6.97. The third kappa shape index (κ3) is 6.94. The molecule has 0 bridgehead atoms. The van der Waals surface area contributed by atoms with Crippen LogP contribution in [0.2, 0.25) is 0 Å². The summed E-state index contributed by atoms with van der Waals surface area (Å²) in [7, 11) is 0. The normalized spacial score (nSPS) is 12.5. The van der Waals surface area contributed by atoms with Crippen molar-refractivity contribution in [2.45, 2.75) is 52.6 Å². The number of rotatable bonds is 7. The molecule has 0 spiro atoms.